The van der Waals surface area contributed by atoms with Gasteiger partial charge in [0.2, 0.25) is 0 Å². The van der Waals surface area contributed by atoms with Crippen molar-refractivity contribution in [2.24, 2.45) is 58.2 Å². The third kappa shape index (κ3) is 8.50. The van der Waals surface area contributed by atoms with Gasteiger partial charge >= 0.3 is 7.82 Å². The Morgan fingerprint density at radius 2 is 1.53 bits per heavy atom. The van der Waals surface area contributed by atoms with Crippen molar-refractivity contribution in [1.82, 2.24) is 0 Å². The molecule has 0 amide bonds. The summed E-state index contributed by atoms with van der Waals surface area (Å²) in [5, 5.41) is 0. The second kappa shape index (κ2) is 14.4. The molecular weight excluding hydrogens is 557 g/mol. The van der Waals surface area contributed by atoms with Crippen LogP contribution in [0.2, 0.25) is 0 Å². The quantitative estimate of drug-likeness (QED) is 0.112. The molecular formula is C36H69NO5P+. The predicted octanol–water partition coefficient (Wildman–Crippen LogP) is 8.97. The molecule has 4 rings (SSSR count). The van der Waals surface area contributed by atoms with E-state index in [1.54, 1.807) is 0 Å². The Morgan fingerprint density at radius 1 is 0.860 bits per heavy atom. The lowest BCUT2D eigenvalue weighted by atomic mass is 9.44. The molecule has 4 saturated carbocycles. The summed E-state index contributed by atoms with van der Waals surface area (Å²) in [6.45, 7) is 16.4. The molecule has 0 aromatic carbocycles. The van der Waals surface area contributed by atoms with E-state index in [0.29, 0.717) is 28.5 Å². The molecule has 11 atom stereocenters. The third-order valence-corrected chi connectivity index (χ3v) is 14.6. The molecule has 252 valence electrons. The molecule has 0 spiro atoms. The van der Waals surface area contributed by atoms with Gasteiger partial charge in [-0.15, -0.1) is 0 Å². The van der Waals surface area contributed by atoms with Crippen LogP contribution in [0.15, 0.2) is 0 Å². The van der Waals surface area contributed by atoms with Crippen molar-refractivity contribution in [2.45, 2.75) is 125 Å². The Balaban J connectivity index is 1.26. The normalized spacial score (nSPS) is 39.0. The van der Waals surface area contributed by atoms with Gasteiger partial charge in [-0.2, -0.15) is 0 Å². The van der Waals surface area contributed by atoms with Crippen LogP contribution in [-0.4, -0.2) is 63.0 Å². The van der Waals surface area contributed by atoms with E-state index >= 15 is 0 Å². The van der Waals surface area contributed by atoms with Gasteiger partial charge in [-0.25, -0.2) is 4.57 Å². The number of fused-ring (bicyclic) bond motifs is 5. The summed E-state index contributed by atoms with van der Waals surface area (Å²) in [6.07, 6.45) is 16.4. The first-order chi connectivity index (χ1) is 20.1. The summed E-state index contributed by atoms with van der Waals surface area (Å²) < 4.78 is 29.5. The van der Waals surface area contributed by atoms with E-state index in [-0.39, 0.29) is 19.3 Å². The van der Waals surface area contributed by atoms with Gasteiger partial charge in [0.05, 0.1) is 40.5 Å². The second-order valence-corrected chi connectivity index (χ2v) is 18.7. The lowest BCUT2D eigenvalue weighted by molar-refractivity contribution is -0.870. The van der Waals surface area contributed by atoms with Crippen LogP contribution in [0.1, 0.15) is 119 Å². The van der Waals surface area contributed by atoms with Crippen LogP contribution < -0.4 is 0 Å². The van der Waals surface area contributed by atoms with Crippen LogP contribution in [0.3, 0.4) is 0 Å². The lowest BCUT2D eigenvalue weighted by Gasteiger charge is -2.61. The fourth-order valence-corrected chi connectivity index (χ4v) is 11.6. The Labute approximate surface area is 265 Å². The Kier molecular flexibility index (Phi) is 12.0. The molecule has 0 aromatic heterocycles. The van der Waals surface area contributed by atoms with E-state index in [2.05, 4.69) is 41.5 Å². The van der Waals surface area contributed by atoms with Crippen molar-refractivity contribution in [3.8, 4) is 0 Å². The Bertz CT molecular complexity index is 937. The molecule has 6 nitrogen and oxygen atoms in total. The van der Waals surface area contributed by atoms with Gasteiger partial charge in [-0.05, 0) is 122 Å². The summed E-state index contributed by atoms with van der Waals surface area (Å²) in [5.41, 5.74) is 0.988. The molecule has 1 N–H and O–H groups in total. The van der Waals surface area contributed by atoms with Crippen molar-refractivity contribution in [3.63, 3.8) is 0 Å². The maximum atomic E-state index is 12.2. The first kappa shape index (κ1) is 35.9. The summed E-state index contributed by atoms with van der Waals surface area (Å²) in [5.74, 6) is 6.92. The molecule has 43 heavy (non-hydrogen) atoms. The largest absolute Gasteiger partial charge is 0.472 e. The van der Waals surface area contributed by atoms with E-state index < -0.39 is 7.82 Å². The average molecular weight is 627 g/mol. The molecule has 0 aromatic rings. The number of likely N-dealkylation sites (N-methyl/N-ethyl adjacent to an activating group) is 1. The van der Waals surface area contributed by atoms with Crippen LogP contribution in [0, 0.1) is 58.2 Å². The number of ether oxygens (including phenoxy) is 1. The minimum absolute atomic E-state index is 0.0949. The maximum Gasteiger partial charge on any atom is 0.472 e. The van der Waals surface area contributed by atoms with Crippen LogP contribution >= 0.6 is 7.82 Å². The van der Waals surface area contributed by atoms with Gasteiger partial charge in [0.25, 0.3) is 0 Å². The standard InChI is InChI=1S/C36H68NO5P/c1-10-28(26(2)3)12-11-27(4)32-15-16-33-31-14-13-29-25-30(17-19-35(29,5)34(31)18-20-36(32,33)6)40-23-24-42-43(38,39)41-22-21-37(7,8)9/h26-34H,10-25H2,1-9H3/p+1/t27-,28-,29?,30?,31+,32-,33+,34+,35+,36-/m1/s1. The molecule has 4 aliphatic rings. The minimum atomic E-state index is -4.03. The number of rotatable bonds is 15. The number of phosphoric ester groups is 1. The first-order valence-corrected chi connectivity index (χ1v) is 19.6. The van der Waals surface area contributed by atoms with E-state index in [1.165, 1.54) is 64.2 Å². The molecule has 7 heteroatoms. The zero-order chi connectivity index (χ0) is 31.6. The monoisotopic (exact) mass is 626 g/mol. The molecule has 0 bridgehead atoms. The topological polar surface area (TPSA) is 65.0 Å². The second-order valence-electron chi connectivity index (χ2n) is 17.3. The van der Waals surface area contributed by atoms with Crippen molar-refractivity contribution in [1.29, 1.82) is 0 Å². The van der Waals surface area contributed by atoms with Crippen LogP contribution in [0.25, 0.3) is 0 Å². The number of quaternary nitrogens is 1. The van der Waals surface area contributed by atoms with Crippen LogP contribution in [0.5, 0.6) is 0 Å². The molecule has 0 aliphatic heterocycles. The Hall–Kier alpha value is 0.0300. The smallest absolute Gasteiger partial charge is 0.376 e. The van der Waals surface area contributed by atoms with Gasteiger partial charge in [-0.3, -0.25) is 9.05 Å². The fraction of sp³-hybridized carbons (Fsp3) is 1.00. The third-order valence-electron chi connectivity index (χ3n) is 13.5. The highest BCUT2D eigenvalue weighted by Gasteiger charge is 2.60. The summed E-state index contributed by atoms with van der Waals surface area (Å²) in [6, 6.07) is 0. The molecule has 4 aliphatic carbocycles. The number of nitrogens with zero attached hydrogens (tertiary/aromatic N) is 1. The fourth-order valence-electron chi connectivity index (χ4n) is 10.9. The lowest BCUT2D eigenvalue weighted by Crippen LogP contribution is -2.54. The summed E-state index contributed by atoms with van der Waals surface area (Å²) >= 11 is 0. The Morgan fingerprint density at radius 3 is 2.21 bits per heavy atom. The number of hydrogen-bond acceptors (Lipinski definition) is 4. The van der Waals surface area contributed by atoms with E-state index in [0.717, 1.165) is 60.2 Å². The molecule has 0 heterocycles. The first-order valence-electron chi connectivity index (χ1n) is 18.1. The van der Waals surface area contributed by atoms with Gasteiger partial charge in [0.1, 0.15) is 13.2 Å². The zero-order valence-electron chi connectivity index (χ0n) is 29.5. The highest BCUT2D eigenvalue weighted by Crippen LogP contribution is 2.68. The number of phosphoric acid groups is 1. The maximum absolute atomic E-state index is 12.2. The van der Waals surface area contributed by atoms with Gasteiger partial charge in [-0.1, -0.05) is 54.4 Å². The average Bonchev–Trinajstić information content (AvgIpc) is 3.27. The van der Waals surface area contributed by atoms with E-state index in [9.17, 15) is 9.46 Å². The molecule has 0 saturated heterocycles. The highest BCUT2D eigenvalue weighted by atomic mass is 31.2. The van der Waals surface area contributed by atoms with Crippen molar-refractivity contribution < 1.29 is 27.7 Å². The van der Waals surface area contributed by atoms with E-state index in [1.807, 2.05) is 21.1 Å². The van der Waals surface area contributed by atoms with Gasteiger partial charge < -0.3 is 14.1 Å². The van der Waals surface area contributed by atoms with Crippen molar-refractivity contribution in [2.75, 3.05) is 47.5 Å². The van der Waals surface area contributed by atoms with Crippen molar-refractivity contribution in [3.05, 3.63) is 0 Å². The van der Waals surface area contributed by atoms with E-state index in [4.69, 9.17) is 13.8 Å². The zero-order valence-corrected chi connectivity index (χ0v) is 30.4. The molecule has 0 radical (unpaired) electrons. The highest BCUT2D eigenvalue weighted by molar-refractivity contribution is 7.47. The van der Waals surface area contributed by atoms with Gasteiger partial charge in [0, 0.05) is 0 Å². The SMILES string of the molecule is CC[C@H](CC[C@@H](C)[C@H]1CC[C@H]2[C@@H]3CCC4CC(OCCOP(=O)(O)OCC[N+](C)(C)C)CC[C@]4(C)[C@H]3CC[C@]12C)C(C)C. The minimum Gasteiger partial charge on any atom is -0.376 e. The predicted molar refractivity (Wildman–Crippen MR) is 177 cm³/mol. The number of hydrogen-bond donors (Lipinski definition) is 1. The molecule has 4 fully saturated rings. The summed E-state index contributed by atoms with van der Waals surface area (Å²) in [4.78, 5) is 10.0. The van der Waals surface area contributed by atoms with Crippen molar-refractivity contribution >= 4 is 7.82 Å². The molecule has 3 unspecified atom stereocenters. The van der Waals surface area contributed by atoms with Gasteiger partial charge in [0.15, 0.2) is 0 Å². The van der Waals surface area contributed by atoms with Crippen LogP contribution in [0.4, 0.5) is 0 Å². The van der Waals surface area contributed by atoms with Crippen LogP contribution in [-0.2, 0) is 18.3 Å². The summed E-state index contributed by atoms with van der Waals surface area (Å²) in [7, 11) is 2.04.